The van der Waals surface area contributed by atoms with Gasteiger partial charge in [0.05, 0.1) is 0 Å². The molecular formula is C12H8F2O. The Morgan fingerprint density at radius 1 is 1.13 bits per heavy atom. The van der Waals surface area contributed by atoms with Crippen molar-refractivity contribution in [2.75, 3.05) is 0 Å². The number of benzene rings is 2. The average molecular weight is 206 g/mol. The predicted molar refractivity (Wildman–Crippen MR) is 54.3 cm³/mol. The van der Waals surface area contributed by atoms with Gasteiger partial charge in [-0.2, -0.15) is 0 Å². The zero-order valence-electron chi connectivity index (χ0n) is 7.78. The fourth-order valence-electron chi connectivity index (χ4n) is 1.61. The van der Waals surface area contributed by atoms with E-state index in [1.54, 1.807) is 30.3 Å². The first-order valence-electron chi connectivity index (χ1n) is 4.48. The molecular weight excluding hydrogens is 198 g/mol. The Balaban J connectivity index is 2.80. The lowest BCUT2D eigenvalue weighted by molar-refractivity contribution is 0.112. The van der Waals surface area contributed by atoms with Gasteiger partial charge < -0.3 is 0 Å². The van der Waals surface area contributed by atoms with E-state index in [0.717, 1.165) is 0 Å². The lowest BCUT2D eigenvalue weighted by Gasteiger charge is -2.06. The first-order valence-corrected chi connectivity index (χ1v) is 4.48. The number of alkyl halides is 2. The highest BCUT2D eigenvalue weighted by molar-refractivity contribution is 5.91. The van der Waals surface area contributed by atoms with E-state index in [1.807, 2.05) is 0 Å². The highest BCUT2D eigenvalue weighted by Gasteiger charge is 2.12. The summed E-state index contributed by atoms with van der Waals surface area (Å²) in [6, 6.07) is 9.65. The molecule has 2 aromatic carbocycles. The van der Waals surface area contributed by atoms with E-state index >= 15 is 0 Å². The highest BCUT2D eigenvalue weighted by Crippen LogP contribution is 2.28. The Bertz CT molecular complexity index is 506. The van der Waals surface area contributed by atoms with E-state index in [0.29, 0.717) is 17.1 Å². The molecule has 0 amide bonds. The number of rotatable bonds is 2. The number of carbonyl (C=O) groups excluding carboxylic acids is 1. The third kappa shape index (κ3) is 1.73. The zero-order valence-corrected chi connectivity index (χ0v) is 7.78. The Labute approximate surface area is 85.3 Å². The average Bonchev–Trinajstić information content (AvgIpc) is 2.27. The molecule has 0 N–H and O–H groups in total. The predicted octanol–water partition coefficient (Wildman–Crippen LogP) is 3.59. The number of fused-ring (bicyclic) bond motifs is 1. The van der Waals surface area contributed by atoms with Crippen LogP contribution in [0.4, 0.5) is 8.78 Å². The largest absolute Gasteiger partial charge is 0.298 e. The SMILES string of the molecule is O=Cc1cc(C(F)F)c2ccccc2c1. The van der Waals surface area contributed by atoms with Crippen molar-refractivity contribution in [1.29, 1.82) is 0 Å². The first-order chi connectivity index (χ1) is 7.22. The molecule has 15 heavy (non-hydrogen) atoms. The molecule has 0 fully saturated rings. The molecule has 3 heteroatoms. The summed E-state index contributed by atoms with van der Waals surface area (Å²) in [6.07, 6.45) is -1.98. The van der Waals surface area contributed by atoms with Crippen LogP contribution in [-0.2, 0) is 0 Å². The molecule has 2 rings (SSSR count). The van der Waals surface area contributed by atoms with E-state index in [-0.39, 0.29) is 11.1 Å². The summed E-state index contributed by atoms with van der Waals surface area (Å²) >= 11 is 0. The Morgan fingerprint density at radius 2 is 1.87 bits per heavy atom. The Morgan fingerprint density at radius 3 is 2.53 bits per heavy atom. The lowest BCUT2D eigenvalue weighted by atomic mass is 10.0. The molecule has 0 unspecified atom stereocenters. The molecule has 0 aromatic heterocycles. The van der Waals surface area contributed by atoms with Crippen LogP contribution in [0.1, 0.15) is 22.3 Å². The number of aldehydes is 1. The van der Waals surface area contributed by atoms with Crippen LogP contribution in [0.2, 0.25) is 0 Å². The van der Waals surface area contributed by atoms with Crippen molar-refractivity contribution in [1.82, 2.24) is 0 Å². The summed E-state index contributed by atoms with van der Waals surface area (Å²) in [7, 11) is 0. The monoisotopic (exact) mass is 206 g/mol. The van der Waals surface area contributed by atoms with Crippen molar-refractivity contribution in [3.63, 3.8) is 0 Å². The van der Waals surface area contributed by atoms with Crippen molar-refractivity contribution in [3.05, 3.63) is 47.5 Å². The van der Waals surface area contributed by atoms with Crippen molar-refractivity contribution in [3.8, 4) is 0 Å². The molecule has 0 aliphatic heterocycles. The maximum Gasteiger partial charge on any atom is 0.264 e. The van der Waals surface area contributed by atoms with Crippen LogP contribution in [0.15, 0.2) is 36.4 Å². The van der Waals surface area contributed by atoms with Crippen LogP contribution < -0.4 is 0 Å². The summed E-state index contributed by atoms with van der Waals surface area (Å²) in [6.45, 7) is 0. The van der Waals surface area contributed by atoms with Crippen LogP contribution in [0.5, 0.6) is 0 Å². The maximum absolute atomic E-state index is 12.7. The van der Waals surface area contributed by atoms with Gasteiger partial charge >= 0.3 is 0 Å². The van der Waals surface area contributed by atoms with Crippen LogP contribution >= 0.6 is 0 Å². The van der Waals surface area contributed by atoms with Crippen molar-refractivity contribution in [2.24, 2.45) is 0 Å². The van der Waals surface area contributed by atoms with Gasteiger partial charge in [-0.25, -0.2) is 8.78 Å². The normalized spacial score (nSPS) is 10.9. The van der Waals surface area contributed by atoms with E-state index in [2.05, 4.69) is 0 Å². The summed E-state index contributed by atoms with van der Waals surface area (Å²) in [5.41, 5.74) is 0.194. The van der Waals surface area contributed by atoms with Gasteiger partial charge in [0.15, 0.2) is 0 Å². The molecule has 1 nitrogen and oxygen atoms in total. The van der Waals surface area contributed by atoms with Crippen molar-refractivity contribution in [2.45, 2.75) is 6.43 Å². The van der Waals surface area contributed by atoms with E-state index in [4.69, 9.17) is 0 Å². The van der Waals surface area contributed by atoms with Gasteiger partial charge in [-0.15, -0.1) is 0 Å². The van der Waals surface area contributed by atoms with E-state index in [1.165, 1.54) is 6.07 Å². The number of hydrogen-bond donors (Lipinski definition) is 0. The Kier molecular flexibility index (Phi) is 2.46. The summed E-state index contributed by atoms with van der Waals surface area (Å²) in [4.78, 5) is 10.6. The molecule has 0 heterocycles. The molecule has 0 spiro atoms. The zero-order chi connectivity index (χ0) is 10.8. The van der Waals surface area contributed by atoms with Gasteiger partial charge in [0.2, 0.25) is 0 Å². The van der Waals surface area contributed by atoms with E-state index in [9.17, 15) is 13.6 Å². The topological polar surface area (TPSA) is 17.1 Å². The number of halogens is 2. The highest BCUT2D eigenvalue weighted by atomic mass is 19.3. The van der Waals surface area contributed by atoms with Gasteiger partial charge in [0, 0.05) is 11.1 Å². The van der Waals surface area contributed by atoms with Gasteiger partial charge in [-0.1, -0.05) is 24.3 Å². The van der Waals surface area contributed by atoms with Crippen molar-refractivity contribution >= 4 is 17.1 Å². The quantitative estimate of drug-likeness (QED) is 0.686. The second-order valence-corrected chi connectivity index (χ2v) is 3.25. The number of hydrogen-bond acceptors (Lipinski definition) is 1. The van der Waals surface area contributed by atoms with Gasteiger partial charge in [-0.3, -0.25) is 4.79 Å². The third-order valence-corrected chi connectivity index (χ3v) is 2.29. The van der Waals surface area contributed by atoms with Gasteiger partial charge in [-0.05, 0) is 22.9 Å². The lowest BCUT2D eigenvalue weighted by Crippen LogP contribution is -1.90. The second kappa shape index (κ2) is 3.77. The fourth-order valence-corrected chi connectivity index (χ4v) is 1.61. The van der Waals surface area contributed by atoms with Crippen molar-refractivity contribution < 1.29 is 13.6 Å². The molecule has 76 valence electrons. The summed E-state index contributed by atoms with van der Waals surface area (Å²) < 4.78 is 25.4. The minimum absolute atomic E-state index is 0.0878. The molecule has 0 saturated carbocycles. The Hall–Kier alpha value is -1.77. The van der Waals surface area contributed by atoms with Crippen LogP contribution in [0, 0.1) is 0 Å². The smallest absolute Gasteiger partial charge is 0.264 e. The molecule has 0 atom stereocenters. The molecule has 0 aliphatic rings. The molecule has 0 radical (unpaired) electrons. The standard InChI is InChI=1S/C12H8F2O/c13-12(14)11-6-8(7-15)5-9-3-1-2-4-10(9)11/h1-7,12H. The molecule has 2 aromatic rings. The second-order valence-electron chi connectivity index (χ2n) is 3.25. The molecule has 0 bridgehead atoms. The fraction of sp³-hybridized carbons (Fsp3) is 0.0833. The minimum Gasteiger partial charge on any atom is -0.298 e. The summed E-state index contributed by atoms with van der Waals surface area (Å²) in [5, 5.41) is 1.16. The van der Waals surface area contributed by atoms with Crippen LogP contribution in [-0.4, -0.2) is 6.29 Å². The van der Waals surface area contributed by atoms with E-state index < -0.39 is 6.43 Å². The van der Waals surface area contributed by atoms with Gasteiger partial charge in [0.1, 0.15) is 6.29 Å². The first kappa shape index (κ1) is 9.77. The maximum atomic E-state index is 12.7. The third-order valence-electron chi connectivity index (χ3n) is 2.29. The van der Waals surface area contributed by atoms with Crippen LogP contribution in [0.25, 0.3) is 10.8 Å². The summed E-state index contributed by atoms with van der Waals surface area (Å²) in [5.74, 6) is 0. The molecule has 0 saturated heterocycles. The number of carbonyl (C=O) groups is 1. The van der Waals surface area contributed by atoms with Gasteiger partial charge in [0.25, 0.3) is 6.43 Å². The molecule has 0 aliphatic carbocycles. The van der Waals surface area contributed by atoms with Crippen LogP contribution in [0.3, 0.4) is 0 Å². The minimum atomic E-state index is -2.56.